The van der Waals surface area contributed by atoms with Gasteiger partial charge in [-0.2, -0.15) is 22.6 Å². The summed E-state index contributed by atoms with van der Waals surface area (Å²) in [5, 5.41) is 4.13. The number of carbonyl (C=O) groups excluding carboxylic acids is 1. The number of sulfonamides is 1. The van der Waals surface area contributed by atoms with Gasteiger partial charge in [0.25, 0.3) is 5.91 Å². The second-order valence-corrected chi connectivity index (χ2v) is 10.5. The van der Waals surface area contributed by atoms with Crippen molar-refractivity contribution >= 4 is 45.3 Å². The van der Waals surface area contributed by atoms with Crippen LogP contribution in [0.3, 0.4) is 0 Å². The first kappa shape index (κ1) is 27.7. The number of amides is 1. The van der Waals surface area contributed by atoms with Gasteiger partial charge in [-0.3, -0.25) is 4.79 Å². The fraction of sp³-hybridized carbons (Fsp3) is 0.167. The van der Waals surface area contributed by atoms with E-state index in [2.05, 4.69) is 10.5 Å². The summed E-state index contributed by atoms with van der Waals surface area (Å²) >= 11 is 12.1. The van der Waals surface area contributed by atoms with Crippen LogP contribution in [0.25, 0.3) is 0 Å². The van der Waals surface area contributed by atoms with E-state index in [4.69, 9.17) is 23.2 Å². The van der Waals surface area contributed by atoms with E-state index >= 15 is 0 Å². The first-order chi connectivity index (χ1) is 16.9. The molecule has 0 unspecified atom stereocenters. The van der Waals surface area contributed by atoms with Crippen molar-refractivity contribution in [1.82, 2.24) is 9.73 Å². The lowest BCUT2D eigenvalue weighted by atomic mass is 10.1. The summed E-state index contributed by atoms with van der Waals surface area (Å²) in [6.07, 6.45) is -3.76. The number of alkyl halides is 3. The van der Waals surface area contributed by atoms with Gasteiger partial charge in [-0.25, -0.2) is 13.8 Å². The van der Waals surface area contributed by atoms with Gasteiger partial charge in [0.15, 0.2) is 0 Å². The van der Waals surface area contributed by atoms with Gasteiger partial charge in [-0.05, 0) is 42.8 Å². The molecule has 12 heteroatoms. The Morgan fingerprint density at radius 1 is 1.06 bits per heavy atom. The summed E-state index contributed by atoms with van der Waals surface area (Å²) in [5.74, 6) is -0.864. The lowest BCUT2D eigenvalue weighted by molar-refractivity contribution is -0.137. The zero-order chi connectivity index (χ0) is 26.5. The average Bonchev–Trinajstić information content (AvgIpc) is 2.80. The zero-order valence-corrected chi connectivity index (χ0v) is 21.1. The second kappa shape index (κ2) is 11.4. The molecule has 190 valence electrons. The molecule has 36 heavy (non-hydrogen) atoms. The van der Waals surface area contributed by atoms with Crippen LogP contribution >= 0.6 is 23.2 Å². The molecule has 0 radical (unpaired) electrons. The van der Waals surface area contributed by atoms with E-state index in [0.29, 0.717) is 10.6 Å². The Hall–Kier alpha value is -2.92. The number of carbonyl (C=O) groups is 1. The number of nitrogens with zero attached hydrogens (tertiary/aromatic N) is 2. The third-order valence-electron chi connectivity index (χ3n) is 5.00. The van der Waals surface area contributed by atoms with E-state index in [1.165, 1.54) is 48.5 Å². The van der Waals surface area contributed by atoms with Gasteiger partial charge >= 0.3 is 6.18 Å². The number of rotatable bonds is 8. The van der Waals surface area contributed by atoms with E-state index in [-0.39, 0.29) is 22.0 Å². The van der Waals surface area contributed by atoms with E-state index in [0.717, 1.165) is 22.1 Å². The Morgan fingerprint density at radius 3 is 2.36 bits per heavy atom. The zero-order valence-electron chi connectivity index (χ0n) is 18.8. The Labute approximate surface area is 216 Å². The standard InChI is InChI=1S/C24H20Cl2F3N3O3S/c1-16-6-10-20(11-7-16)36(34,35)32(14-18-8-9-19(25)12-22(18)26)15-23(33)31-30-13-17-4-2-3-5-21(17)24(27,28)29/h2-13H,14-15H2,1H3,(H,31,33). The number of benzene rings is 3. The van der Waals surface area contributed by atoms with E-state index in [1.54, 1.807) is 19.1 Å². The predicted molar refractivity (Wildman–Crippen MR) is 132 cm³/mol. The van der Waals surface area contributed by atoms with Gasteiger partial charge < -0.3 is 0 Å². The van der Waals surface area contributed by atoms with E-state index in [1.807, 2.05) is 0 Å². The number of halogens is 5. The molecule has 3 rings (SSSR count). The molecular weight excluding hydrogens is 538 g/mol. The minimum Gasteiger partial charge on any atom is -0.272 e. The monoisotopic (exact) mass is 557 g/mol. The predicted octanol–water partition coefficient (Wildman–Crippen LogP) is 5.66. The maximum Gasteiger partial charge on any atom is 0.417 e. The number of hydrogen-bond donors (Lipinski definition) is 1. The van der Waals surface area contributed by atoms with Crippen LogP contribution in [0.1, 0.15) is 22.3 Å². The summed E-state index contributed by atoms with van der Waals surface area (Å²) in [6, 6.07) is 15.2. The van der Waals surface area contributed by atoms with Crippen molar-refractivity contribution in [1.29, 1.82) is 0 Å². The first-order valence-corrected chi connectivity index (χ1v) is 12.6. The maximum atomic E-state index is 13.3. The first-order valence-electron chi connectivity index (χ1n) is 10.4. The lowest BCUT2D eigenvalue weighted by Gasteiger charge is -2.22. The van der Waals surface area contributed by atoms with Crippen molar-refractivity contribution in [2.75, 3.05) is 6.54 Å². The SMILES string of the molecule is Cc1ccc(S(=O)(=O)N(CC(=O)NN=Cc2ccccc2C(F)(F)F)Cc2ccc(Cl)cc2Cl)cc1. The van der Waals surface area contributed by atoms with Crippen molar-refractivity contribution in [3.63, 3.8) is 0 Å². The Morgan fingerprint density at radius 2 is 1.72 bits per heavy atom. The van der Waals surface area contributed by atoms with Gasteiger partial charge in [-0.15, -0.1) is 0 Å². The van der Waals surface area contributed by atoms with Gasteiger partial charge in [0, 0.05) is 22.2 Å². The van der Waals surface area contributed by atoms with Crippen molar-refractivity contribution in [3.8, 4) is 0 Å². The van der Waals surface area contributed by atoms with Crippen molar-refractivity contribution in [2.45, 2.75) is 24.5 Å². The molecule has 0 spiro atoms. The maximum absolute atomic E-state index is 13.3. The number of aryl methyl sites for hydroxylation is 1. The highest BCUT2D eigenvalue weighted by Gasteiger charge is 2.32. The summed E-state index contributed by atoms with van der Waals surface area (Å²) in [5.41, 5.74) is 2.13. The number of nitrogens with one attached hydrogen (secondary N) is 1. The van der Waals surface area contributed by atoms with Crippen LogP contribution in [0.5, 0.6) is 0 Å². The molecule has 0 saturated carbocycles. The topological polar surface area (TPSA) is 78.8 Å². The third kappa shape index (κ3) is 7.07. The van der Waals surface area contributed by atoms with Crippen LogP contribution in [0.4, 0.5) is 13.2 Å². The molecule has 0 fully saturated rings. The molecule has 0 aliphatic rings. The normalized spacial score (nSPS) is 12.3. The fourth-order valence-electron chi connectivity index (χ4n) is 3.16. The van der Waals surface area contributed by atoms with Crippen LogP contribution in [0, 0.1) is 6.92 Å². The molecule has 0 atom stereocenters. The molecule has 0 saturated heterocycles. The van der Waals surface area contributed by atoms with Crippen LogP contribution in [-0.4, -0.2) is 31.4 Å². The van der Waals surface area contributed by atoms with Gasteiger partial charge in [0.05, 0.1) is 23.2 Å². The molecule has 0 aliphatic heterocycles. The molecule has 0 aromatic heterocycles. The fourth-order valence-corrected chi connectivity index (χ4v) is 5.00. The molecule has 6 nitrogen and oxygen atoms in total. The van der Waals surface area contributed by atoms with Crippen LogP contribution in [0.2, 0.25) is 10.0 Å². The van der Waals surface area contributed by atoms with Crippen LogP contribution < -0.4 is 5.43 Å². The second-order valence-electron chi connectivity index (χ2n) is 7.70. The average molecular weight is 558 g/mol. The molecule has 0 aliphatic carbocycles. The summed E-state index contributed by atoms with van der Waals surface area (Å²) < 4.78 is 67.0. The highest BCUT2D eigenvalue weighted by atomic mass is 35.5. The minimum absolute atomic E-state index is 0.0476. The van der Waals surface area contributed by atoms with Crippen LogP contribution in [0.15, 0.2) is 76.7 Å². The van der Waals surface area contributed by atoms with Gasteiger partial charge in [-0.1, -0.05) is 65.2 Å². The number of hydrogen-bond acceptors (Lipinski definition) is 4. The third-order valence-corrected chi connectivity index (χ3v) is 7.39. The highest BCUT2D eigenvalue weighted by Crippen LogP contribution is 2.31. The minimum atomic E-state index is -4.61. The molecule has 1 N–H and O–H groups in total. The quantitative estimate of drug-likeness (QED) is 0.286. The van der Waals surface area contributed by atoms with Gasteiger partial charge in [0.2, 0.25) is 10.0 Å². The molecule has 0 bridgehead atoms. The largest absolute Gasteiger partial charge is 0.417 e. The summed E-state index contributed by atoms with van der Waals surface area (Å²) in [4.78, 5) is 12.5. The smallest absolute Gasteiger partial charge is 0.272 e. The van der Waals surface area contributed by atoms with Crippen molar-refractivity contribution < 1.29 is 26.4 Å². The Bertz CT molecular complexity index is 1380. The van der Waals surface area contributed by atoms with Crippen LogP contribution in [-0.2, 0) is 27.5 Å². The van der Waals surface area contributed by atoms with Crippen molar-refractivity contribution in [2.24, 2.45) is 5.10 Å². The summed E-state index contributed by atoms with van der Waals surface area (Å²) in [7, 11) is -4.16. The molecule has 3 aromatic carbocycles. The van der Waals surface area contributed by atoms with Crippen molar-refractivity contribution in [3.05, 3.63) is 99.0 Å². The number of hydrazone groups is 1. The van der Waals surface area contributed by atoms with Gasteiger partial charge in [0.1, 0.15) is 0 Å². The Balaban J connectivity index is 1.84. The Kier molecular flexibility index (Phi) is 8.78. The molecule has 1 amide bonds. The molecule has 3 aromatic rings. The van der Waals surface area contributed by atoms with E-state index < -0.39 is 34.2 Å². The molecule has 0 heterocycles. The van der Waals surface area contributed by atoms with E-state index in [9.17, 15) is 26.4 Å². The summed E-state index contributed by atoms with van der Waals surface area (Å²) in [6.45, 7) is 0.859. The lowest BCUT2D eigenvalue weighted by Crippen LogP contribution is -2.39. The highest BCUT2D eigenvalue weighted by molar-refractivity contribution is 7.89. The molecular formula is C24H20Cl2F3N3O3S.